The van der Waals surface area contributed by atoms with Crippen molar-refractivity contribution < 1.29 is 14.3 Å². The summed E-state index contributed by atoms with van der Waals surface area (Å²) in [6, 6.07) is 4.13. The number of hydrogen-bond acceptors (Lipinski definition) is 5. The molecule has 1 fully saturated rings. The largest absolute Gasteiger partial charge is 0.462 e. The molecular weight excluding hydrogens is 330 g/mol. The zero-order chi connectivity index (χ0) is 18.8. The number of pyridine rings is 1. The molecule has 1 N–H and O–H groups in total. The highest BCUT2D eigenvalue weighted by Gasteiger charge is 2.26. The molecule has 0 bridgehead atoms. The number of rotatable bonds is 4. The summed E-state index contributed by atoms with van der Waals surface area (Å²) in [6.45, 7) is 9.12. The summed E-state index contributed by atoms with van der Waals surface area (Å²) in [5.41, 5.74) is 4.30. The fraction of sp³-hybridized carbons (Fsp3) is 0.450. The van der Waals surface area contributed by atoms with E-state index in [1.54, 1.807) is 20.0 Å². The summed E-state index contributed by atoms with van der Waals surface area (Å²) in [7, 11) is 0. The molecule has 1 unspecified atom stereocenters. The van der Waals surface area contributed by atoms with Gasteiger partial charge in [-0.05, 0) is 38.3 Å². The van der Waals surface area contributed by atoms with E-state index in [9.17, 15) is 9.59 Å². The number of carbonyl (C=O) groups is 2. The maximum atomic E-state index is 12.4. The van der Waals surface area contributed by atoms with Gasteiger partial charge in [0.25, 0.3) is 0 Å². The van der Waals surface area contributed by atoms with E-state index < -0.39 is 0 Å². The Hall–Kier alpha value is -2.63. The van der Waals surface area contributed by atoms with Crippen molar-refractivity contribution in [2.45, 2.75) is 40.2 Å². The van der Waals surface area contributed by atoms with Gasteiger partial charge in [-0.1, -0.05) is 12.1 Å². The maximum absolute atomic E-state index is 12.4. The number of ether oxygens (including phenoxy) is 1. The van der Waals surface area contributed by atoms with Crippen molar-refractivity contribution >= 4 is 28.5 Å². The molecule has 1 aromatic heterocycles. The summed E-state index contributed by atoms with van der Waals surface area (Å²) in [5, 5.41) is 4.39. The van der Waals surface area contributed by atoms with Gasteiger partial charge in [0.15, 0.2) is 0 Å². The minimum atomic E-state index is -0.385. The second-order valence-electron chi connectivity index (χ2n) is 6.77. The summed E-state index contributed by atoms with van der Waals surface area (Å²) in [6.07, 6.45) is 2.43. The average molecular weight is 355 g/mol. The number of amides is 1. The van der Waals surface area contributed by atoms with Gasteiger partial charge in [-0.25, -0.2) is 4.79 Å². The van der Waals surface area contributed by atoms with Crippen LogP contribution in [0.5, 0.6) is 0 Å². The fourth-order valence-electron chi connectivity index (χ4n) is 3.40. The lowest BCUT2D eigenvalue weighted by Crippen LogP contribution is -2.30. The van der Waals surface area contributed by atoms with Crippen LogP contribution in [-0.4, -0.2) is 47.5 Å². The Balaban J connectivity index is 2.04. The van der Waals surface area contributed by atoms with E-state index in [-0.39, 0.29) is 17.9 Å². The van der Waals surface area contributed by atoms with Gasteiger partial charge >= 0.3 is 5.97 Å². The number of nitrogens with zero attached hydrogens (tertiary/aromatic N) is 2. The smallest absolute Gasteiger partial charge is 0.341 e. The fourth-order valence-corrected chi connectivity index (χ4v) is 3.40. The van der Waals surface area contributed by atoms with Gasteiger partial charge in [-0.3, -0.25) is 9.78 Å². The van der Waals surface area contributed by atoms with E-state index in [0.29, 0.717) is 18.7 Å². The highest BCUT2D eigenvalue weighted by Crippen LogP contribution is 2.31. The Kier molecular flexibility index (Phi) is 5.11. The predicted octanol–water partition coefficient (Wildman–Crippen LogP) is 3.06. The van der Waals surface area contributed by atoms with Crippen molar-refractivity contribution in [1.82, 2.24) is 9.88 Å². The topological polar surface area (TPSA) is 71.5 Å². The first kappa shape index (κ1) is 18.2. The second-order valence-corrected chi connectivity index (χ2v) is 6.77. The van der Waals surface area contributed by atoms with E-state index in [0.717, 1.165) is 40.7 Å². The van der Waals surface area contributed by atoms with E-state index in [1.165, 1.54) is 0 Å². The molecular formula is C20H25N3O3. The van der Waals surface area contributed by atoms with Crippen LogP contribution in [0.2, 0.25) is 0 Å². The number of fused-ring (bicyclic) bond motifs is 1. The Bertz CT molecular complexity index is 863. The number of likely N-dealkylation sites (tertiary alicyclic amines) is 1. The van der Waals surface area contributed by atoms with Gasteiger partial charge in [-0.2, -0.15) is 0 Å². The highest BCUT2D eigenvalue weighted by atomic mass is 16.5. The van der Waals surface area contributed by atoms with Gasteiger partial charge in [0, 0.05) is 37.6 Å². The summed E-state index contributed by atoms with van der Waals surface area (Å²) < 4.78 is 5.21. The highest BCUT2D eigenvalue weighted by molar-refractivity contribution is 6.05. The Morgan fingerprint density at radius 3 is 2.77 bits per heavy atom. The molecule has 0 spiro atoms. The van der Waals surface area contributed by atoms with Gasteiger partial charge in [0.2, 0.25) is 5.91 Å². The average Bonchev–Trinajstić information content (AvgIpc) is 3.07. The molecule has 26 heavy (non-hydrogen) atoms. The number of esters is 1. The van der Waals surface area contributed by atoms with Crippen LogP contribution in [0.15, 0.2) is 18.3 Å². The van der Waals surface area contributed by atoms with Crippen molar-refractivity contribution in [3.05, 3.63) is 35.0 Å². The lowest BCUT2D eigenvalue weighted by molar-refractivity contribution is -0.127. The molecule has 1 aromatic carbocycles. The van der Waals surface area contributed by atoms with Crippen molar-refractivity contribution in [3.63, 3.8) is 0 Å². The monoisotopic (exact) mass is 355 g/mol. The summed E-state index contributed by atoms with van der Waals surface area (Å²) in [4.78, 5) is 30.4. The number of carbonyl (C=O) groups excluding carboxylic acids is 2. The third kappa shape index (κ3) is 3.36. The minimum Gasteiger partial charge on any atom is -0.462 e. The van der Waals surface area contributed by atoms with Crippen LogP contribution in [0, 0.1) is 13.8 Å². The quantitative estimate of drug-likeness (QED) is 0.854. The first-order valence-corrected chi connectivity index (χ1v) is 9.00. The van der Waals surface area contributed by atoms with E-state index in [2.05, 4.69) is 10.3 Å². The molecule has 6 heteroatoms. The number of aryl methyl sites for hydroxylation is 2. The van der Waals surface area contributed by atoms with Crippen LogP contribution < -0.4 is 5.32 Å². The normalized spacial score (nSPS) is 16.8. The van der Waals surface area contributed by atoms with Crippen molar-refractivity contribution in [1.29, 1.82) is 0 Å². The third-order valence-electron chi connectivity index (χ3n) is 5.04. The van der Waals surface area contributed by atoms with Gasteiger partial charge in [-0.15, -0.1) is 0 Å². The molecule has 3 rings (SSSR count). The predicted molar refractivity (Wildman–Crippen MR) is 101 cm³/mol. The summed E-state index contributed by atoms with van der Waals surface area (Å²) in [5.74, 6) is -0.310. The van der Waals surface area contributed by atoms with Crippen LogP contribution in [-0.2, 0) is 9.53 Å². The second kappa shape index (κ2) is 7.32. The van der Waals surface area contributed by atoms with E-state index in [4.69, 9.17) is 4.74 Å². The molecule has 0 aliphatic carbocycles. The minimum absolute atomic E-state index is 0.0750. The number of nitrogens with one attached hydrogen (secondary N) is 1. The number of anilines is 1. The first-order chi connectivity index (χ1) is 12.4. The van der Waals surface area contributed by atoms with Gasteiger partial charge in [0.1, 0.15) is 5.56 Å². The molecule has 0 saturated carbocycles. The zero-order valence-corrected chi connectivity index (χ0v) is 15.8. The molecule has 1 aliphatic heterocycles. The van der Waals surface area contributed by atoms with Crippen LogP contribution >= 0.6 is 0 Å². The van der Waals surface area contributed by atoms with Crippen LogP contribution in [0.25, 0.3) is 10.9 Å². The third-order valence-corrected chi connectivity index (χ3v) is 5.04. The van der Waals surface area contributed by atoms with E-state index in [1.807, 2.05) is 30.9 Å². The first-order valence-electron chi connectivity index (χ1n) is 9.00. The standard InChI is InChI=1S/C20H25N3O3/c1-5-26-20(25)17-10-21-18-13(3)12(2)6-7-16(18)19(17)22-15-8-9-23(11-15)14(4)24/h6-7,10,15H,5,8-9,11H2,1-4H3,(H,21,22). The lowest BCUT2D eigenvalue weighted by Gasteiger charge is -2.20. The molecule has 1 saturated heterocycles. The number of hydrogen-bond donors (Lipinski definition) is 1. The van der Waals surface area contributed by atoms with Crippen molar-refractivity contribution in [2.24, 2.45) is 0 Å². The zero-order valence-electron chi connectivity index (χ0n) is 15.8. The Morgan fingerprint density at radius 2 is 2.12 bits per heavy atom. The van der Waals surface area contributed by atoms with Gasteiger partial charge in [0.05, 0.1) is 17.8 Å². The Labute approximate surface area is 153 Å². The molecule has 1 atom stereocenters. The van der Waals surface area contributed by atoms with Crippen LogP contribution in [0.3, 0.4) is 0 Å². The molecule has 1 amide bonds. The van der Waals surface area contributed by atoms with Crippen LogP contribution in [0.4, 0.5) is 5.69 Å². The maximum Gasteiger partial charge on any atom is 0.341 e. The lowest BCUT2D eigenvalue weighted by atomic mass is 10.0. The Morgan fingerprint density at radius 1 is 1.35 bits per heavy atom. The number of aromatic nitrogens is 1. The summed E-state index contributed by atoms with van der Waals surface area (Å²) >= 11 is 0. The van der Waals surface area contributed by atoms with Crippen molar-refractivity contribution in [2.75, 3.05) is 25.0 Å². The SMILES string of the molecule is CCOC(=O)c1cnc2c(C)c(C)ccc2c1NC1CCN(C(C)=O)C1. The van der Waals surface area contributed by atoms with Crippen LogP contribution in [0.1, 0.15) is 41.8 Å². The molecule has 2 heterocycles. The molecule has 0 radical (unpaired) electrons. The van der Waals surface area contributed by atoms with Crippen molar-refractivity contribution in [3.8, 4) is 0 Å². The number of benzene rings is 1. The molecule has 6 nitrogen and oxygen atoms in total. The molecule has 138 valence electrons. The molecule has 1 aliphatic rings. The molecule has 2 aromatic rings. The van der Waals surface area contributed by atoms with E-state index >= 15 is 0 Å². The van der Waals surface area contributed by atoms with Gasteiger partial charge < -0.3 is 15.0 Å².